The molecule has 1 aromatic rings. The maximum Gasteiger partial charge on any atom is 0.243 e. The van der Waals surface area contributed by atoms with Crippen LogP contribution in [0.25, 0.3) is 0 Å². The molecule has 8 heteroatoms. The monoisotopic (exact) mass is 356 g/mol. The number of morpholine rings is 1. The van der Waals surface area contributed by atoms with Crippen molar-refractivity contribution >= 4 is 33.4 Å². The van der Waals surface area contributed by atoms with Crippen LogP contribution < -0.4 is 4.90 Å². The number of amides is 1. The van der Waals surface area contributed by atoms with E-state index in [0.717, 1.165) is 10.6 Å². The molecule has 0 radical (unpaired) electrons. The van der Waals surface area contributed by atoms with E-state index in [1.54, 1.807) is 34.9 Å². The molecule has 2 aliphatic rings. The number of hydrogen-bond acceptors (Lipinski definition) is 5. The normalized spacial score (nSPS) is 22.7. The van der Waals surface area contributed by atoms with Crippen LogP contribution >= 0.6 is 11.8 Å². The zero-order valence-corrected chi connectivity index (χ0v) is 14.8. The largest absolute Gasteiger partial charge is 0.379 e. The van der Waals surface area contributed by atoms with E-state index in [4.69, 9.17) is 4.74 Å². The number of fused-ring (bicyclic) bond motifs is 1. The highest BCUT2D eigenvalue weighted by Gasteiger charge is 2.30. The molecule has 1 unspecified atom stereocenters. The molecule has 1 saturated heterocycles. The van der Waals surface area contributed by atoms with Crippen molar-refractivity contribution in [2.24, 2.45) is 0 Å². The molecule has 126 valence electrons. The number of rotatable bonds is 2. The Balaban J connectivity index is 1.97. The van der Waals surface area contributed by atoms with Crippen molar-refractivity contribution in [3.63, 3.8) is 0 Å². The number of carbonyl (C=O) groups is 1. The van der Waals surface area contributed by atoms with Gasteiger partial charge in [-0.2, -0.15) is 4.31 Å². The van der Waals surface area contributed by atoms with Gasteiger partial charge in [-0.1, -0.05) is 6.92 Å². The quantitative estimate of drug-likeness (QED) is 0.804. The van der Waals surface area contributed by atoms with Crippen LogP contribution in [0.1, 0.15) is 13.8 Å². The summed E-state index contributed by atoms with van der Waals surface area (Å²) in [7, 11) is -3.51. The number of carbonyl (C=O) groups excluding carboxylic acids is 1. The minimum absolute atomic E-state index is 0.0258. The van der Waals surface area contributed by atoms with Crippen molar-refractivity contribution in [1.29, 1.82) is 0 Å². The first-order valence-corrected chi connectivity index (χ1v) is 9.88. The first kappa shape index (κ1) is 16.8. The predicted octanol–water partition coefficient (Wildman–Crippen LogP) is 1.55. The molecule has 1 fully saturated rings. The second kappa shape index (κ2) is 6.43. The molecule has 23 heavy (non-hydrogen) atoms. The van der Waals surface area contributed by atoms with Gasteiger partial charge in [0.1, 0.15) is 0 Å². The fourth-order valence-corrected chi connectivity index (χ4v) is 5.48. The van der Waals surface area contributed by atoms with Gasteiger partial charge in [0.2, 0.25) is 15.9 Å². The molecule has 0 aromatic heterocycles. The SMILES string of the molecule is CC(=O)N1CC(C)Sc2cc(S(=O)(=O)N3CCOCC3)ccc21. The molecule has 6 nitrogen and oxygen atoms in total. The van der Waals surface area contributed by atoms with Gasteiger partial charge in [-0.3, -0.25) is 4.79 Å². The van der Waals surface area contributed by atoms with Crippen molar-refractivity contribution in [3.05, 3.63) is 18.2 Å². The van der Waals surface area contributed by atoms with Crippen LogP contribution in [0.15, 0.2) is 28.0 Å². The third-order valence-corrected chi connectivity index (χ3v) is 7.00. The molecule has 0 N–H and O–H groups in total. The summed E-state index contributed by atoms with van der Waals surface area (Å²) in [5, 5.41) is 0.229. The van der Waals surface area contributed by atoms with Crippen LogP contribution in [0, 0.1) is 0 Å². The van der Waals surface area contributed by atoms with E-state index in [1.165, 1.54) is 11.2 Å². The summed E-state index contributed by atoms with van der Waals surface area (Å²) >= 11 is 1.61. The van der Waals surface area contributed by atoms with Crippen LogP contribution in [-0.2, 0) is 19.6 Å². The molecule has 1 aromatic carbocycles. The summed E-state index contributed by atoms with van der Waals surface area (Å²) in [4.78, 5) is 14.6. The second-order valence-electron chi connectivity index (χ2n) is 5.70. The summed E-state index contributed by atoms with van der Waals surface area (Å²) in [6.07, 6.45) is 0. The molecule has 0 saturated carbocycles. The number of ether oxygens (including phenoxy) is 1. The number of benzene rings is 1. The smallest absolute Gasteiger partial charge is 0.243 e. The fourth-order valence-electron chi connectivity index (χ4n) is 2.82. The van der Waals surface area contributed by atoms with Gasteiger partial charge in [-0.15, -0.1) is 11.8 Å². The highest BCUT2D eigenvalue weighted by molar-refractivity contribution is 8.00. The molecule has 0 spiro atoms. The number of nitrogens with zero attached hydrogens (tertiary/aromatic N) is 2. The second-order valence-corrected chi connectivity index (χ2v) is 9.12. The molecular formula is C15H20N2O4S2. The highest BCUT2D eigenvalue weighted by atomic mass is 32.2. The zero-order chi connectivity index (χ0) is 16.6. The number of sulfonamides is 1. The Morgan fingerprint density at radius 3 is 2.65 bits per heavy atom. The maximum absolute atomic E-state index is 12.8. The van der Waals surface area contributed by atoms with Gasteiger partial charge in [-0.05, 0) is 18.2 Å². The van der Waals surface area contributed by atoms with E-state index in [2.05, 4.69) is 0 Å². The minimum Gasteiger partial charge on any atom is -0.379 e. The first-order valence-electron chi connectivity index (χ1n) is 7.56. The minimum atomic E-state index is -3.51. The van der Waals surface area contributed by atoms with Gasteiger partial charge in [0.25, 0.3) is 0 Å². The molecule has 0 aliphatic carbocycles. The lowest BCUT2D eigenvalue weighted by Gasteiger charge is -2.32. The molecule has 1 atom stereocenters. The van der Waals surface area contributed by atoms with Crippen molar-refractivity contribution in [3.8, 4) is 0 Å². The van der Waals surface area contributed by atoms with Gasteiger partial charge in [0.15, 0.2) is 0 Å². The van der Waals surface area contributed by atoms with Crippen LogP contribution in [0.2, 0.25) is 0 Å². The topological polar surface area (TPSA) is 66.9 Å². The van der Waals surface area contributed by atoms with Crippen molar-refractivity contribution < 1.29 is 17.9 Å². The van der Waals surface area contributed by atoms with Crippen LogP contribution in [0.4, 0.5) is 5.69 Å². The zero-order valence-electron chi connectivity index (χ0n) is 13.2. The average molecular weight is 356 g/mol. The van der Waals surface area contributed by atoms with Crippen LogP contribution in [0.3, 0.4) is 0 Å². The van der Waals surface area contributed by atoms with E-state index in [0.29, 0.717) is 32.8 Å². The summed E-state index contributed by atoms with van der Waals surface area (Å²) in [6, 6.07) is 5.02. The number of thioether (sulfide) groups is 1. The van der Waals surface area contributed by atoms with E-state index in [1.807, 2.05) is 6.92 Å². The molecule has 2 heterocycles. The van der Waals surface area contributed by atoms with Gasteiger partial charge >= 0.3 is 0 Å². The van der Waals surface area contributed by atoms with Gasteiger partial charge in [-0.25, -0.2) is 8.42 Å². The third kappa shape index (κ3) is 3.26. The highest BCUT2D eigenvalue weighted by Crippen LogP contribution is 2.40. The fraction of sp³-hybridized carbons (Fsp3) is 0.533. The lowest BCUT2D eigenvalue weighted by Crippen LogP contribution is -2.41. The first-order chi connectivity index (χ1) is 10.9. The Morgan fingerprint density at radius 1 is 1.30 bits per heavy atom. The average Bonchev–Trinajstić information content (AvgIpc) is 2.54. The molecule has 2 aliphatic heterocycles. The summed E-state index contributed by atoms with van der Waals surface area (Å²) in [5.41, 5.74) is 0.793. The lowest BCUT2D eigenvalue weighted by atomic mass is 10.2. The Hall–Kier alpha value is -1.09. The van der Waals surface area contributed by atoms with Crippen molar-refractivity contribution in [2.45, 2.75) is 28.9 Å². The maximum atomic E-state index is 12.8. The lowest BCUT2D eigenvalue weighted by molar-refractivity contribution is -0.116. The third-order valence-electron chi connectivity index (χ3n) is 3.98. The standard InChI is InChI=1S/C15H20N2O4S2/c1-11-10-17(12(2)18)14-4-3-13(9-15(14)22-11)23(19,20)16-5-7-21-8-6-16/h3-4,9,11H,5-8,10H2,1-2H3. The van der Waals surface area contributed by atoms with Crippen molar-refractivity contribution in [1.82, 2.24) is 4.31 Å². The van der Waals surface area contributed by atoms with Crippen LogP contribution in [-0.4, -0.2) is 56.7 Å². The number of anilines is 1. The summed E-state index contributed by atoms with van der Waals surface area (Å²) in [5.74, 6) is -0.0258. The molecule has 1 amide bonds. The Morgan fingerprint density at radius 2 is 2.00 bits per heavy atom. The van der Waals surface area contributed by atoms with Crippen molar-refractivity contribution in [2.75, 3.05) is 37.7 Å². The van der Waals surface area contributed by atoms with Gasteiger partial charge in [0, 0.05) is 36.7 Å². The van der Waals surface area contributed by atoms with E-state index in [-0.39, 0.29) is 16.1 Å². The van der Waals surface area contributed by atoms with Gasteiger partial charge in [0.05, 0.1) is 23.8 Å². The number of hydrogen-bond donors (Lipinski definition) is 0. The summed E-state index contributed by atoms with van der Waals surface area (Å²) < 4.78 is 32.2. The molecule has 3 rings (SSSR count). The Kier molecular flexibility index (Phi) is 4.68. The Labute approximate surface area is 140 Å². The Bertz CT molecular complexity index is 714. The van der Waals surface area contributed by atoms with E-state index >= 15 is 0 Å². The molecule has 0 bridgehead atoms. The van der Waals surface area contributed by atoms with Gasteiger partial charge < -0.3 is 9.64 Å². The predicted molar refractivity (Wildman–Crippen MR) is 89.4 cm³/mol. The summed E-state index contributed by atoms with van der Waals surface area (Å²) in [6.45, 7) is 5.81. The van der Waals surface area contributed by atoms with E-state index in [9.17, 15) is 13.2 Å². The van der Waals surface area contributed by atoms with E-state index < -0.39 is 10.0 Å². The molecular weight excluding hydrogens is 336 g/mol. The van der Waals surface area contributed by atoms with Crippen LogP contribution in [0.5, 0.6) is 0 Å².